The van der Waals surface area contributed by atoms with Crippen LogP contribution in [0.2, 0.25) is 0 Å². The number of aromatic hydroxyl groups is 3. The molecular formula is C41H32N8O8S. The predicted molar refractivity (Wildman–Crippen MR) is 220 cm³/mol. The van der Waals surface area contributed by atoms with E-state index in [9.17, 15) is 29.7 Å². The van der Waals surface area contributed by atoms with Gasteiger partial charge in [0, 0.05) is 29.6 Å². The number of phenols is 3. The zero-order valence-electron chi connectivity index (χ0n) is 30.8. The molecule has 17 heteroatoms. The molecule has 0 atom stereocenters. The zero-order chi connectivity index (χ0) is 40.9. The van der Waals surface area contributed by atoms with Crippen molar-refractivity contribution in [2.24, 2.45) is 0 Å². The second-order valence-corrected chi connectivity index (χ2v) is 13.2. The van der Waals surface area contributed by atoms with Gasteiger partial charge in [0.25, 0.3) is 16.7 Å². The SMILES string of the molecule is COc1ccc(-c2cc(O)c3nc[nH]c(=O)c3c2)cn1.COc1ncccc1-c1cc(O)c2nc[nH]c(=O)c2c1.Cc1cscc1-c1cc(O)c2nc[nH]c(=O)c2c1. The molecule has 0 radical (unpaired) electrons. The van der Waals surface area contributed by atoms with Crippen molar-refractivity contribution >= 4 is 44.0 Å². The molecule has 0 unspecified atom stereocenters. The van der Waals surface area contributed by atoms with Crippen LogP contribution in [0.25, 0.3) is 66.1 Å². The molecule has 0 aliphatic heterocycles. The van der Waals surface area contributed by atoms with Crippen molar-refractivity contribution < 1.29 is 24.8 Å². The van der Waals surface area contributed by atoms with E-state index in [2.05, 4.69) is 39.9 Å². The number of thiophene rings is 1. The van der Waals surface area contributed by atoms with E-state index in [0.29, 0.717) is 50.1 Å². The number of nitrogens with one attached hydrogen (secondary N) is 3. The number of aromatic amines is 3. The van der Waals surface area contributed by atoms with E-state index < -0.39 is 0 Å². The second-order valence-electron chi connectivity index (χ2n) is 12.5. The molecular weight excluding hydrogens is 765 g/mol. The Kier molecular flexibility index (Phi) is 10.9. The highest BCUT2D eigenvalue weighted by Gasteiger charge is 2.14. The Bertz CT molecular complexity index is 3130. The summed E-state index contributed by atoms with van der Waals surface area (Å²) in [5.41, 5.74) is 5.78. The van der Waals surface area contributed by atoms with Crippen molar-refractivity contribution in [2.75, 3.05) is 14.2 Å². The molecule has 0 saturated carbocycles. The number of hydrogen-bond donors (Lipinski definition) is 6. The minimum Gasteiger partial charge on any atom is -0.506 e. The Labute approximate surface area is 330 Å². The van der Waals surface area contributed by atoms with Crippen molar-refractivity contribution in [2.45, 2.75) is 6.92 Å². The van der Waals surface area contributed by atoms with Crippen molar-refractivity contribution in [3.63, 3.8) is 0 Å². The van der Waals surface area contributed by atoms with E-state index in [1.165, 1.54) is 39.3 Å². The summed E-state index contributed by atoms with van der Waals surface area (Å²) in [6.07, 6.45) is 7.04. The smallest absolute Gasteiger partial charge is 0.258 e. The van der Waals surface area contributed by atoms with Gasteiger partial charge in [-0.15, -0.1) is 0 Å². The van der Waals surface area contributed by atoms with Gasteiger partial charge in [0.05, 0.1) is 49.4 Å². The van der Waals surface area contributed by atoms with Crippen LogP contribution in [0.4, 0.5) is 0 Å². The zero-order valence-corrected chi connectivity index (χ0v) is 31.7. The van der Waals surface area contributed by atoms with Gasteiger partial charge in [-0.05, 0) is 100 Å². The minimum absolute atomic E-state index is 0.0270. The molecule has 6 N–H and O–H groups in total. The van der Waals surface area contributed by atoms with E-state index in [-0.39, 0.29) is 45.0 Å². The van der Waals surface area contributed by atoms with E-state index in [1.807, 2.05) is 17.7 Å². The van der Waals surface area contributed by atoms with E-state index >= 15 is 0 Å². The molecule has 16 nitrogen and oxygen atoms in total. The molecule has 3 aromatic carbocycles. The first-order chi connectivity index (χ1) is 28.1. The predicted octanol–water partition coefficient (Wildman–Crippen LogP) is 6.06. The summed E-state index contributed by atoms with van der Waals surface area (Å²) in [4.78, 5) is 62.9. The van der Waals surface area contributed by atoms with Crippen LogP contribution < -0.4 is 26.2 Å². The third-order valence-electron chi connectivity index (χ3n) is 8.89. The number of hydrogen-bond acceptors (Lipinski definition) is 14. The van der Waals surface area contributed by atoms with Gasteiger partial charge in [-0.2, -0.15) is 11.3 Å². The first-order valence-electron chi connectivity index (χ1n) is 17.2. The Hall–Kier alpha value is -7.92. The topological polar surface area (TPSA) is 242 Å². The molecule has 290 valence electrons. The molecule has 9 aromatic rings. The number of aryl methyl sites for hydroxylation is 1. The number of nitrogens with zero attached hydrogens (tertiary/aromatic N) is 5. The lowest BCUT2D eigenvalue weighted by Gasteiger charge is -2.08. The summed E-state index contributed by atoms with van der Waals surface area (Å²) in [5, 5.41) is 35.0. The summed E-state index contributed by atoms with van der Waals surface area (Å²) < 4.78 is 10.2. The highest BCUT2D eigenvalue weighted by Crippen LogP contribution is 2.34. The van der Waals surface area contributed by atoms with Crippen LogP contribution in [-0.2, 0) is 0 Å². The monoisotopic (exact) mass is 796 g/mol. The lowest BCUT2D eigenvalue weighted by Crippen LogP contribution is -2.06. The average Bonchev–Trinajstić information content (AvgIpc) is 3.68. The molecule has 0 aliphatic rings. The number of aromatic nitrogens is 8. The Morgan fingerprint density at radius 1 is 0.569 bits per heavy atom. The summed E-state index contributed by atoms with van der Waals surface area (Å²) in [6, 6.07) is 16.9. The number of benzene rings is 3. The number of fused-ring (bicyclic) bond motifs is 3. The van der Waals surface area contributed by atoms with E-state index in [1.54, 1.807) is 78.3 Å². The standard InChI is InChI=1S/2C14H11N3O3.C13H10N2O2S/c1-20-12-3-2-8(6-15-12)9-4-10-13(11(18)5-9)16-7-17-14(10)19;1-20-14-9(3-2-4-15-14)8-5-10-12(11(18)6-8)16-7-17-13(10)19;1-7-4-18-5-10(7)8-2-9-12(11(16)3-8)14-6-15-13(9)17/h2*2-7,18H,1H3,(H,16,17,19);2-6,16H,1H3,(H,14,15,17). The van der Waals surface area contributed by atoms with Crippen LogP contribution in [0.1, 0.15) is 5.56 Å². The normalized spacial score (nSPS) is 10.7. The van der Waals surface area contributed by atoms with Gasteiger partial charge >= 0.3 is 0 Å². The largest absolute Gasteiger partial charge is 0.506 e. The van der Waals surface area contributed by atoms with Gasteiger partial charge in [0.15, 0.2) is 0 Å². The molecule has 0 bridgehead atoms. The van der Waals surface area contributed by atoms with Crippen LogP contribution in [-0.4, -0.2) is 69.4 Å². The molecule has 0 aliphatic carbocycles. The first-order valence-corrected chi connectivity index (χ1v) is 18.1. The third kappa shape index (κ3) is 7.77. The number of ether oxygens (including phenoxy) is 2. The fourth-order valence-corrected chi connectivity index (χ4v) is 6.92. The van der Waals surface area contributed by atoms with Gasteiger partial charge in [-0.3, -0.25) is 14.4 Å². The molecule has 58 heavy (non-hydrogen) atoms. The van der Waals surface area contributed by atoms with Crippen LogP contribution in [0, 0.1) is 6.92 Å². The summed E-state index contributed by atoms with van der Waals surface area (Å²) in [5.74, 6) is 0.845. The summed E-state index contributed by atoms with van der Waals surface area (Å²) in [7, 11) is 3.05. The van der Waals surface area contributed by atoms with Gasteiger partial charge in [-0.25, -0.2) is 24.9 Å². The maximum absolute atomic E-state index is 11.8. The number of pyridine rings is 2. The van der Waals surface area contributed by atoms with Gasteiger partial charge in [-0.1, -0.05) is 0 Å². The number of phenolic OH excluding ortho intramolecular Hbond substituents is 3. The minimum atomic E-state index is -0.310. The molecule has 0 saturated heterocycles. The molecule has 6 heterocycles. The van der Waals surface area contributed by atoms with Crippen LogP contribution in [0.5, 0.6) is 29.0 Å². The van der Waals surface area contributed by atoms with E-state index in [0.717, 1.165) is 22.3 Å². The van der Waals surface area contributed by atoms with E-state index in [4.69, 9.17) is 9.47 Å². The van der Waals surface area contributed by atoms with Crippen molar-refractivity contribution in [3.8, 4) is 62.4 Å². The number of H-pyrrole nitrogens is 3. The van der Waals surface area contributed by atoms with Crippen molar-refractivity contribution in [3.05, 3.63) is 139 Å². The summed E-state index contributed by atoms with van der Waals surface area (Å²) >= 11 is 1.59. The van der Waals surface area contributed by atoms with Crippen LogP contribution in [0.15, 0.2) is 117 Å². The fourth-order valence-electron chi connectivity index (χ4n) is 6.06. The first kappa shape index (κ1) is 38.4. The fraction of sp³-hybridized carbons (Fsp3) is 0.0732. The van der Waals surface area contributed by atoms with Crippen LogP contribution >= 0.6 is 11.3 Å². The highest BCUT2D eigenvalue weighted by atomic mass is 32.1. The maximum atomic E-state index is 11.8. The highest BCUT2D eigenvalue weighted by molar-refractivity contribution is 7.08. The van der Waals surface area contributed by atoms with Crippen molar-refractivity contribution in [1.82, 2.24) is 39.9 Å². The maximum Gasteiger partial charge on any atom is 0.258 e. The second kappa shape index (κ2) is 16.4. The lowest BCUT2D eigenvalue weighted by molar-refractivity contribution is 0.398. The Morgan fingerprint density at radius 2 is 1.09 bits per heavy atom. The number of rotatable bonds is 5. The van der Waals surface area contributed by atoms with Gasteiger partial charge < -0.3 is 39.7 Å². The van der Waals surface area contributed by atoms with Gasteiger partial charge in [0.2, 0.25) is 11.8 Å². The summed E-state index contributed by atoms with van der Waals surface area (Å²) in [6.45, 7) is 2.00. The Morgan fingerprint density at radius 3 is 1.55 bits per heavy atom. The lowest BCUT2D eigenvalue weighted by atomic mass is 10.0. The van der Waals surface area contributed by atoms with Crippen LogP contribution in [0.3, 0.4) is 0 Å². The third-order valence-corrected chi connectivity index (χ3v) is 9.75. The molecule has 0 amide bonds. The quantitative estimate of drug-likeness (QED) is 0.116. The van der Waals surface area contributed by atoms with Gasteiger partial charge in [0.1, 0.15) is 33.8 Å². The average molecular weight is 797 g/mol. The molecule has 6 aromatic heterocycles. The molecule has 9 rings (SSSR count). The Balaban J connectivity index is 0.000000133. The number of methoxy groups -OCH3 is 2. The molecule has 0 fully saturated rings. The molecule has 0 spiro atoms. The van der Waals surface area contributed by atoms with Crippen molar-refractivity contribution in [1.29, 1.82) is 0 Å².